The van der Waals surface area contributed by atoms with Crippen LogP contribution in [0, 0.1) is 5.82 Å². The first-order valence-electron chi connectivity index (χ1n) is 12.1. The molecule has 3 rings (SSSR count). The highest BCUT2D eigenvalue weighted by Crippen LogP contribution is 2.22. The Kier molecular flexibility index (Phi) is 10.8. The molecule has 0 heterocycles. The van der Waals surface area contributed by atoms with E-state index in [0.29, 0.717) is 17.2 Å². The zero-order chi connectivity index (χ0) is 25.9. The van der Waals surface area contributed by atoms with Gasteiger partial charge in [-0.05, 0) is 48.2 Å². The topological polar surface area (TPSA) is 49.4 Å². The first kappa shape index (κ1) is 27.8. The van der Waals surface area contributed by atoms with Crippen LogP contribution in [0.5, 0.6) is 0 Å². The number of nitrogens with one attached hydrogen (secondary N) is 1. The van der Waals surface area contributed by atoms with Crippen LogP contribution in [-0.4, -0.2) is 34.6 Å². The summed E-state index contributed by atoms with van der Waals surface area (Å²) in [7, 11) is 0. The average Bonchev–Trinajstić information content (AvgIpc) is 2.88. The Morgan fingerprint density at radius 3 is 2.31 bits per heavy atom. The second-order valence-electron chi connectivity index (χ2n) is 8.76. The molecule has 2 amide bonds. The highest BCUT2D eigenvalue weighted by molar-refractivity contribution is 7.99. The number of carbonyl (C=O) groups is 2. The molecule has 0 aliphatic carbocycles. The molecule has 2 atom stereocenters. The third kappa shape index (κ3) is 8.38. The Bertz CT molecular complexity index is 1130. The lowest BCUT2D eigenvalue weighted by molar-refractivity contribution is -0.139. The van der Waals surface area contributed by atoms with Gasteiger partial charge in [-0.2, -0.15) is 0 Å². The van der Waals surface area contributed by atoms with Crippen molar-refractivity contribution in [2.75, 3.05) is 5.75 Å². The van der Waals surface area contributed by atoms with E-state index in [-0.39, 0.29) is 36.0 Å². The molecule has 0 fully saturated rings. The van der Waals surface area contributed by atoms with E-state index in [1.54, 1.807) is 17.0 Å². The number of amides is 2. The van der Waals surface area contributed by atoms with Crippen molar-refractivity contribution >= 4 is 35.2 Å². The van der Waals surface area contributed by atoms with Gasteiger partial charge in [0.15, 0.2) is 0 Å². The van der Waals surface area contributed by atoms with E-state index in [2.05, 4.69) is 5.32 Å². The minimum atomic E-state index is -0.708. The van der Waals surface area contributed by atoms with Gasteiger partial charge in [0.2, 0.25) is 11.8 Å². The summed E-state index contributed by atoms with van der Waals surface area (Å²) in [6, 6.07) is 22.5. The Hall–Kier alpha value is -2.83. The minimum absolute atomic E-state index is 0.0202. The van der Waals surface area contributed by atoms with E-state index < -0.39 is 6.04 Å². The van der Waals surface area contributed by atoms with Crippen molar-refractivity contribution in [3.8, 4) is 0 Å². The second kappa shape index (κ2) is 14.0. The lowest BCUT2D eigenvalue weighted by Crippen LogP contribution is -2.52. The van der Waals surface area contributed by atoms with Crippen molar-refractivity contribution < 1.29 is 14.0 Å². The Labute approximate surface area is 222 Å². The van der Waals surface area contributed by atoms with Crippen LogP contribution in [0.15, 0.2) is 78.9 Å². The maximum absolute atomic E-state index is 13.6. The third-order valence-electron chi connectivity index (χ3n) is 5.98. The van der Waals surface area contributed by atoms with Crippen LogP contribution < -0.4 is 5.32 Å². The molecule has 0 saturated heterocycles. The van der Waals surface area contributed by atoms with Crippen LogP contribution in [0.25, 0.3) is 0 Å². The van der Waals surface area contributed by atoms with Crippen LogP contribution in [0.2, 0.25) is 5.02 Å². The van der Waals surface area contributed by atoms with Crippen LogP contribution in [-0.2, 0) is 28.3 Å². The number of rotatable bonds is 12. The fraction of sp³-hybridized carbons (Fsp3) is 0.310. The summed E-state index contributed by atoms with van der Waals surface area (Å²) in [5.41, 5.74) is 2.68. The number of halogens is 2. The molecule has 3 aromatic carbocycles. The molecule has 1 N–H and O–H groups in total. The molecule has 0 spiro atoms. The molecule has 0 bridgehead atoms. The molecule has 3 aromatic rings. The van der Waals surface area contributed by atoms with E-state index in [1.165, 1.54) is 23.9 Å². The van der Waals surface area contributed by atoms with Gasteiger partial charge in [0.05, 0.1) is 5.75 Å². The van der Waals surface area contributed by atoms with Gasteiger partial charge in [-0.15, -0.1) is 11.8 Å². The molecule has 4 nitrogen and oxygen atoms in total. The lowest BCUT2D eigenvalue weighted by Gasteiger charge is -2.32. The fourth-order valence-electron chi connectivity index (χ4n) is 3.73. The molecular formula is C29H32ClFN2O2S. The summed E-state index contributed by atoms with van der Waals surface area (Å²) in [5, 5.41) is 3.71. The van der Waals surface area contributed by atoms with Gasteiger partial charge in [0, 0.05) is 29.8 Å². The molecule has 0 aromatic heterocycles. The number of thioether (sulfide) groups is 1. The molecule has 7 heteroatoms. The lowest BCUT2D eigenvalue weighted by atomic mass is 10.0. The smallest absolute Gasteiger partial charge is 0.243 e. The number of hydrogen-bond acceptors (Lipinski definition) is 3. The van der Waals surface area contributed by atoms with Gasteiger partial charge in [-0.1, -0.05) is 79.2 Å². The number of benzene rings is 3. The summed E-state index contributed by atoms with van der Waals surface area (Å²) < 4.78 is 13.5. The quantitative estimate of drug-likeness (QED) is 0.303. The normalized spacial score (nSPS) is 12.6. The first-order valence-corrected chi connectivity index (χ1v) is 13.6. The zero-order valence-electron chi connectivity index (χ0n) is 20.6. The Morgan fingerprint density at radius 1 is 0.972 bits per heavy atom. The molecular weight excluding hydrogens is 495 g/mol. The molecule has 0 unspecified atom stereocenters. The van der Waals surface area contributed by atoms with Crippen molar-refractivity contribution in [3.05, 3.63) is 106 Å². The van der Waals surface area contributed by atoms with E-state index in [9.17, 15) is 14.0 Å². The van der Waals surface area contributed by atoms with Crippen molar-refractivity contribution in [3.63, 3.8) is 0 Å². The van der Waals surface area contributed by atoms with Crippen molar-refractivity contribution in [1.82, 2.24) is 10.2 Å². The van der Waals surface area contributed by atoms with Crippen molar-refractivity contribution in [2.45, 2.75) is 51.1 Å². The largest absolute Gasteiger partial charge is 0.352 e. The van der Waals surface area contributed by atoms with Crippen LogP contribution in [0.1, 0.15) is 37.0 Å². The van der Waals surface area contributed by atoms with E-state index >= 15 is 0 Å². The van der Waals surface area contributed by atoms with E-state index in [4.69, 9.17) is 11.6 Å². The third-order valence-corrected chi connectivity index (χ3v) is 7.31. The Morgan fingerprint density at radius 2 is 1.64 bits per heavy atom. The van der Waals surface area contributed by atoms with Gasteiger partial charge in [-0.3, -0.25) is 9.59 Å². The summed E-state index contributed by atoms with van der Waals surface area (Å²) in [5.74, 6) is 0.0747. The zero-order valence-corrected chi connectivity index (χ0v) is 22.2. The highest BCUT2D eigenvalue weighted by Gasteiger charge is 2.30. The number of hydrogen-bond donors (Lipinski definition) is 1. The average molecular weight is 527 g/mol. The van der Waals surface area contributed by atoms with E-state index in [0.717, 1.165) is 23.1 Å². The maximum Gasteiger partial charge on any atom is 0.243 e. The molecule has 0 saturated carbocycles. The fourth-order valence-corrected chi connectivity index (χ4v) is 4.92. The molecule has 0 radical (unpaired) electrons. The second-order valence-corrected chi connectivity index (χ2v) is 10.1. The predicted molar refractivity (Wildman–Crippen MR) is 146 cm³/mol. The Balaban J connectivity index is 1.85. The number of carbonyl (C=O) groups excluding carboxylic acids is 2. The number of nitrogens with zero attached hydrogens (tertiary/aromatic N) is 1. The minimum Gasteiger partial charge on any atom is -0.352 e. The maximum atomic E-state index is 13.6. The summed E-state index contributed by atoms with van der Waals surface area (Å²) in [6.45, 7) is 4.16. The summed E-state index contributed by atoms with van der Waals surface area (Å²) in [6.07, 6.45) is 1.16. The molecule has 190 valence electrons. The molecule has 0 aliphatic rings. The van der Waals surface area contributed by atoms with Crippen molar-refractivity contribution in [2.24, 2.45) is 0 Å². The molecule has 36 heavy (non-hydrogen) atoms. The summed E-state index contributed by atoms with van der Waals surface area (Å²) in [4.78, 5) is 28.7. The predicted octanol–water partition coefficient (Wildman–Crippen LogP) is 6.27. The van der Waals surface area contributed by atoms with E-state index in [1.807, 2.05) is 68.4 Å². The van der Waals surface area contributed by atoms with Crippen LogP contribution >= 0.6 is 23.4 Å². The van der Waals surface area contributed by atoms with Gasteiger partial charge in [-0.25, -0.2) is 4.39 Å². The standard InChI is InChI=1S/C29H32ClFN2O2S/c1-3-21(2)32-29(35)27(17-22-9-5-4-6-10-22)33(18-23-13-15-25(31)16-14-23)28(34)20-36-19-24-11-7-8-12-26(24)30/h4-16,21,27H,3,17-20H2,1-2H3,(H,32,35)/t21-,27+/m1/s1. The highest BCUT2D eigenvalue weighted by atomic mass is 35.5. The van der Waals surface area contributed by atoms with Crippen LogP contribution in [0.3, 0.4) is 0 Å². The molecule has 0 aliphatic heterocycles. The SMILES string of the molecule is CC[C@@H](C)NC(=O)[C@H](Cc1ccccc1)N(Cc1ccc(F)cc1)C(=O)CSCc1ccccc1Cl. The summed E-state index contributed by atoms with van der Waals surface area (Å²) >= 11 is 7.73. The first-order chi connectivity index (χ1) is 17.4. The van der Waals surface area contributed by atoms with Crippen LogP contribution in [0.4, 0.5) is 4.39 Å². The van der Waals surface area contributed by atoms with Gasteiger partial charge < -0.3 is 10.2 Å². The van der Waals surface area contributed by atoms with Gasteiger partial charge in [0.25, 0.3) is 0 Å². The monoisotopic (exact) mass is 526 g/mol. The van der Waals surface area contributed by atoms with Gasteiger partial charge >= 0.3 is 0 Å². The van der Waals surface area contributed by atoms with Gasteiger partial charge in [0.1, 0.15) is 11.9 Å². The van der Waals surface area contributed by atoms with Crippen molar-refractivity contribution in [1.29, 1.82) is 0 Å².